The van der Waals surface area contributed by atoms with Crippen LogP contribution in [0.5, 0.6) is 0 Å². The van der Waals surface area contributed by atoms with Crippen LogP contribution in [0, 0.1) is 5.82 Å². The van der Waals surface area contributed by atoms with Gasteiger partial charge in [-0.25, -0.2) is 19.2 Å². The van der Waals surface area contributed by atoms with E-state index in [2.05, 4.69) is 20.6 Å². The Morgan fingerprint density at radius 2 is 2.13 bits per heavy atom. The first-order valence-corrected chi connectivity index (χ1v) is 7.46. The van der Waals surface area contributed by atoms with E-state index >= 15 is 0 Å². The van der Waals surface area contributed by atoms with Gasteiger partial charge >= 0.3 is 6.03 Å². The Bertz CT molecular complexity index is 688. The summed E-state index contributed by atoms with van der Waals surface area (Å²) in [7, 11) is 0. The minimum absolute atomic E-state index is 0.379. The molecule has 0 unspecified atom stereocenters. The molecular formula is C17H19FN4O. The van der Waals surface area contributed by atoms with E-state index in [-0.39, 0.29) is 6.03 Å². The van der Waals surface area contributed by atoms with Crippen molar-refractivity contribution in [2.75, 3.05) is 11.9 Å². The molecule has 0 saturated carbocycles. The molecular weight excluding hydrogens is 295 g/mol. The highest BCUT2D eigenvalue weighted by molar-refractivity contribution is 5.89. The zero-order valence-corrected chi connectivity index (χ0v) is 12.9. The smallest absolute Gasteiger partial charge is 0.319 e. The van der Waals surface area contributed by atoms with Crippen molar-refractivity contribution in [2.24, 2.45) is 4.99 Å². The third kappa shape index (κ3) is 5.86. The van der Waals surface area contributed by atoms with E-state index in [4.69, 9.17) is 0 Å². The topological polar surface area (TPSA) is 66.4 Å². The maximum atomic E-state index is 13.0. The molecule has 2 rings (SSSR count). The fourth-order valence-electron chi connectivity index (χ4n) is 1.91. The van der Waals surface area contributed by atoms with Gasteiger partial charge in [-0.15, -0.1) is 0 Å². The fraction of sp³-hybridized carbons (Fsp3) is 0.235. The number of benzene rings is 1. The highest BCUT2D eigenvalue weighted by atomic mass is 19.1. The van der Waals surface area contributed by atoms with Gasteiger partial charge in [0.25, 0.3) is 0 Å². The van der Waals surface area contributed by atoms with Gasteiger partial charge < -0.3 is 10.6 Å². The number of pyridine rings is 1. The van der Waals surface area contributed by atoms with Crippen LogP contribution in [-0.4, -0.2) is 23.8 Å². The van der Waals surface area contributed by atoms with E-state index in [1.807, 2.05) is 25.1 Å². The number of rotatable bonds is 6. The van der Waals surface area contributed by atoms with Crippen LogP contribution in [-0.2, 0) is 6.42 Å². The summed E-state index contributed by atoms with van der Waals surface area (Å²) in [6.07, 6.45) is 3.25. The number of anilines is 1. The second-order valence-corrected chi connectivity index (χ2v) is 4.85. The van der Waals surface area contributed by atoms with Crippen molar-refractivity contribution >= 4 is 23.8 Å². The number of urea groups is 1. The monoisotopic (exact) mass is 314 g/mol. The average molecular weight is 314 g/mol. The maximum Gasteiger partial charge on any atom is 0.319 e. The van der Waals surface area contributed by atoms with Gasteiger partial charge in [-0.05, 0) is 36.8 Å². The number of carbonyl (C=O) groups is 1. The van der Waals surface area contributed by atoms with E-state index < -0.39 is 5.82 Å². The summed E-state index contributed by atoms with van der Waals surface area (Å²) in [5.74, 6) is 0.269. The summed E-state index contributed by atoms with van der Waals surface area (Å²) >= 11 is 0. The lowest BCUT2D eigenvalue weighted by molar-refractivity contribution is 0.252. The molecule has 1 heterocycles. The van der Waals surface area contributed by atoms with Crippen LogP contribution in [0.15, 0.2) is 47.5 Å². The molecule has 0 aliphatic heterocycles. The second kappa shape index (κ2) is 8.63. The minimum atomic E-state index is -0.392. The van der Waals surface area contributed by atoms with E-state index in [9.17, 15) is 9.18 Å². The van der Waals surface area contributed by atoms with Gasteiger partial charge in [0.2, 0.25) is 0 Å². The Balaban J connectivity index is 1.80. The standard InChI is InChI=1S/C17H19FN4O/c1-2-10-19-16-8-4-6-14(21-16)9-11-20-17(23)22-15-7-3-5-13(18)12-15/h3-8,10,12H,2,9,11H2,1H3,(H2,20,22,23). The lowest BCUT2D eigenvalue weighted by atomic mass is 10.2. The number of hydrogen-bond acceptors (Lipinski definition) is 3. The molecule has 2 amide bonds. The summed E-state index contributed by atoms with van der Waals surface area (Å²) in [5, 5.41) is 5.29. The largest absolute Gasteiger partial charge is 0.337 e. The Kier molecular flexibility index (Phi) is 6.23. The van der Waals surface area contributed by atoms with Crippen LogP contribution in [0.2, 0.25) is 0 Å². The van der Waals surface area contributed by atoms with E-state index in [1.165, 1.54) is 18.2 Å². The summed E-state index contributed by atoms with van der Waals surface area (Å²) in [5.41, 5.74) is 1.26. The third-order valence-electron chi connectivity index (χ3n) is 2.95. The van der Waals surface area contributed by atoms with Crippen LogP contribution in [0.25, 0.3) is 0 Å². The maximum absolute atomic E-state index is 13.0. The van der Waals surface area contributed by atoms with E-state index in [1.54, 1.807) is 12.3 Å². The molecule has 0 saturated heterocycles. The van der Waals surface area contributed by atoms with Gasteiger partial charge in [0, 0.05) is 30.6 Å². The molecule has 0 bridgehead atoms. The van der Waals surface area contributed by atoms with Gasteiger partial charge in [-0.3, -0.25) is 0 Å². The van der Waals surface area contributed by atoms with Gasteiger partial charge in [0.05, 0.1) is 0 Å². The number of nitrogens with zero attached hydrogens (tertiary/aromatic N) is 2. The highest BCUT2D eigenvalue weighted by Crippen LogP contribution is 2.09. The molecule has 2 aromatic rings. The molecule has 0 aliphatic carbocycles. The van der Waals surface area contributed by atoms with Crippen LogP contribution < -0.4 is 10.6 Å². The Morgan fingerprint density at radius 1 is 1.30 bits per heavy atom. The number of hydrogen-bond donors (Lipinski definition) is 2. The molecule has 0 aliphatic rings. The van der Waals surface area contributed by atoms with Crippen molar-refractivity contribution in [3.05, 3.63) is 54.0 Å². The van der Waals surface area contributed by atoms with Gasteiger partial charge in [0.1, 0.15) is 5.82 Å². The van der Waals surface area contributed by atoms with Crippen LogP contribution in [0.4, 0.5) is 20.7 Å². The SMILES string of the molecule is CCC=Nc1cccc(CCNC(=O)Nc2cccc(F)c2)n1. The van der Waals surface area contributed by atoms with Crippen molar-refractivity contribution in [1.82, 2.24) is 10.3 Å². The Hall–Kier alpha value is -2.76. The number of halogens is 1. The minimum Gasteiger partial charge on any atom is -0.337 e. The summed E-state index contributed by atoms with van der Waals surface area (Å²) in [6, 6.07) is 11.0. The van der Waals surface area contributed by atoms with Crippen LogP contribution in [0.3, 0.4) is 0 Å². The molecule has 0 atom stereocenters. The Morgan fingerprint density at radius 3 is 2.91 bits per heavy atom. The molecule has 0 spiro atoms. The lowest BCUT2D eigenvalue weighted by Crippen LogP contribution is -2.30. The normalized spacial score (nSPS) is 10.7. The predicted molar refractivity (Wildman–Crippen MR) is 89.8 cm³/mol. The first kappa shape index (κ1) is 16.6. The van der Waals surface area contributed by atoms with Crippen LogP contribution in [0.1, 0.15) is 19.0 Å². The number of amides is 2. The first-order chi connectivity index (χ1) is 11.2. The fourth-order valence-corrected chi connectivity index (χ4v) is 1.91. The number of aliphatic imine (C=N–C) groups is 1. The summed E-state index contributed by atoms with van der Waals surface area (Å²) in [4.78, 5) is 20.3. The van der Waals surface area contributed by atoms with Gasteiger partial charge in [-0.2, -0.15) is 0 Å². The predicted octanol–water partition coefficient (Wildman–Crippen LogP) is 3.70. The third-order valence-corrected chi connectivity index (χ3v) is 2.95. The first-order valence-electron chi connectivity index (χ1n) is 7.46. The van der Waals surface area contributed by atoms with E-state index in [0.717, 1.165) is 12.1 Å². The van der Waals surface area contributed by atoms with Crippen LogP contribution >= 0.6 is 0 Å². The molecule has 1 aromatic heterocycles. The average Bonchev–Trinajstić information content (AvgIpc) is 2.53. The zero-order valence-electron chi connectivity index (χ0n) is 12.9. The Labute approximate surface area is 134 Å². The quantitative estimate of drug-likeness (QED) is 0.798. The van der Waals surface area contributed by atoms with Gasteiger partial charge in [0.15, 0.2) is 5.82 Å². The van der Waals surface area contributed by atoms with Crippen molar-refractivity contribution in [1.29, 1.82) is 0 Å². The van der Waals surface area contributed by atoms with Crippen molar-refractivity contribution < 1.29 is 9.18 Å². The second-order valence-electron chi connectivity index (χ2n) is 4.85. The molecule has 23 heavy (non-hydrogen) atoms. The van der Waals surface area contributed by atoms with E-state index in [0.29, 0.717) is 24.5 Å². The number of aromatic nitrogens is 1. The molecule has 120 valence electrons. The van der Waals surface area contributed by atoms with Gasteiger partial charge in [-0.1, -0.05) is 19.1 Å². The van der Waals surface area contributed by atoms with Crippen molar-refractivity contribution in [3.63, 3.8) is 0 Å². The number of nitrogens with one attached hydrogen (secondary N) is 2. The molecule has 1 aromatic carbocycles. The highest BCUT2D eigenvalue weighted by Gasteiger charge is 2.03. The van der Waals surface area contributed by atoms with Crippen molar-refractivity contribution in [3.8, 4) is 0 Å². The lowest BCUT2D eigenvalue weighted by Gasteiger charge is -2.07. The summed E-state index contributed by atoms with van der Waals surface area (Å²) in [6.45, 7) is 2.43. The molecule has 0 radical (unpaired) electrons. The summed E-state index contributed by atoms with van der Waals surface area (Å²) < 4.78 is 13.0. The molecule has 5 nitrogen and oxygen atoms in total. The molecule has 0 fully saturated rings. The number of carbonyl (C=O) groups excluding carboxylic acids is 1. The molecule has 6 heteroatoms. The van der Waals surface area contributed by atoms with Crippen molar-refractivity contribution in [2.45, 2.75) is 19.8 Å². The zero-order chi connectivity index (χ0) is 16.5. The molecule has 2 N–H and O–H groups in total.